The van der Waals surface area contributed by atoms with Crippen molar-refractivity contribution in [2.75, 3.05) is 19.8 Å². The van der Waals surface area contributed by atoms with E-state index in [1.54, 1.807) is 27.7 Å². The summed E-state index contributed by atoms with van der Waals surface area (Å²) < 4.78 is 27.5. The Labute approximate surface area is 96.9 Å². The van der Waals surface area contributed by atoms with Crippen LogP contribution in [0.3, 0.4) is 0 Å². The van der Waals surface area contributed by atoms with Crippen molar-refractivity contribution in [2.24, 2.45) is 0 Å². The predicted octanol–water partition coefficient (Wildman–Crippen LogP) is 3.43. The summed E-state index contributed by atoms with van der Waals surface area (Å²) in [6, 6.07) is 0. The normalized spacial score (nSPS) is 13.5. The standard InChI is InChI=1S/C10H21O5P/c1-5-9(10(11)13-6-2)16(12,14-7-3)15-8-4/h11H,5-8H2,1-4H3/b10-9+. The van der Waals surface area contributed by atoms with Crippen LogP contribution in [0.5, 0.6) is 0 Å². The molecule has 0 spiro atoms. The molecule has 0 aromatic rings. The third kappa shape index (κ3) is 4.16. The van der Waals surface area contributed by atoms with Crippen LogP contribution < -0.4 is 0 Å². The van der Waals surface area contributed by atoms with Crippen molar-refractivity contribution in [1.82, 2.24) is 0 Å². The van der Waals surface area contributed by atoms with Crippen LogP contribution in [0.15, 0.2) is 11.3 Å². The molecule has 0 fully saturated rings. The van der Waals surface area contributed by atoms with E-state index >= 15 is 0 Å². The van der Waals surface area contributed by atoms with Crippen molar-refractivity contribution in [1.29, 1.82) is 0 Å². The van der Waals surface area contributed by atoms with Crippen LogP contribution in [-0.4, -0.2) is 24.9 Å². The Balaban J connectivity index is 5.13. The Morgan fingerprint density at radius 1 is 1.06 bits per heavy atom. The summed E-state index contributed by atoms with van der Waals surface area (Å²) in [4.78, 5) is 0. The number of aliphatic hydroxyl groups excluding tert-OH is 1. The maximum absolute atomic E-state index is 12.3. The molecule has 6 heteroatoms. The predicted molar refractivity (Wildman–Crippen MR) is 62.4 cm³/mol. The van der Waals surface area contributed by atoms with Gasteiger partial charge in [0, 0.05) is 0 Å². The van der Waals surface area contributed by atoms with Crippen LogP contribution in [0, 0.1) is 0 Å². The molecule has 0 aliphatic rings. The second kappa shape index (κ2) is 7.71. The summed E-state index contributed by atoms with van der Waals surface area (Å²) in [5.41, 5.74) is 0. The van der Waals surface area contributed by atoms with Crippen LogP contribution in [0.25, 0.3) is 0 Å². The zero-order valence-electron chi connectivity index (χ0n) is 10.4. The van der Waals surface area contributed by atoms with Gasteiger partial charge >= 0.3 is 7.60 Å². The monoisotopic (exact) mass is 252 g/mol. The van der Waals surface area contributed by atoms with Gasteiger partial charge in [0.15, 0.2) is 0 Å². The van der Waals surface area contributed by atoms with Gasteiger partial charge in [-0.05, 0) is 27.2 Å². The Kier molecular flexibility index (Phi) is 7.47. The minimum Gasteiger partial charge on any atom is -0.481 e. The molecular formula is C10H21O5P. The molecule has 0 radical (unpaired) electrons. The van der Waals surface area contributed by atoms with E-state index in [1.807, 2.05) is 0 Å². The molecule has 0 aromatic carbocycles. The van der Waals surface area contributed by atoms with Crippen LogP contribution in [-0.2, 0) is 18.3 Å². The first-order valence-electron chi connectivity index (χ1n) is 5.50. The number of hydrogen-bond donors (Lipinski definition) is 1. The number of allylic oxidation sites excluding steroid dienone is 1. The first-order valence-corrected chi connectivity index (χ1v) is 7.04. The highest BCUT2D eigenvalue weighted by Crippen LogP contribution is 2.58. The van der Waals surface area contributed by atoms with E-state index in [9.17, 15) is 9.67 Å². The molecule has 0 saturated heterocycles. The fraction of sp³-hybridized carbons (Fsp3) is 0.800. The molecule has 0 aromatic heterocycles. The summed E-state index contributed by atoms with van der Waals surface area (Å²) >= 11 is 0. The Morgan fingerprint density at radius 3 is 1.88 bits per heavy atom. The molecule has 0 saturated carbocycles. The third-order valence-electron chi connectivity index (χ3n) is 1.79. The molecule has 0 unspecified atom stereocenters. The van der Waals surface area contributed by atoms with Crippen molar-refractivity contribution in [2.45, 2.75) is 34.1 Å². The molecule has 96 valence electrons. The second-order valence-electron chi connectivity index (χ2n) is 2.87. The third-order valence-corrected chi connectivity index (χ3v) is 4.16. The van der Waals surface area contributed by atoms with E-state index in [4.69, 9.17) is 13.8 Å². The maximum atomic E-state index is 12.3. The molecule has 0 bridgehead atoms. The molecular weight excluding hydrogens is 231 g/mol. The zero-order valence-corrected chi connectivity index (χ0v) is 11.3. The Hall–Kier alpha value is -0.510. The highest BCUT2D eigenvalue weighted by molar-refractivity contribution is 7.58. The molecule has 0 amide bonds. The van der Waals surface area contributed by atoms with Gasteiger partial charge in [-0.2, -0.15) is 0 Å². The maximum Gasteiger partial charge on any atom is 0.364 e. The molecule has 0 aliphatic heterocycles. The van der Waals surface area contributed by atoms with Gasteiger partial charge < -0.3 is 18.9 Å². The van der Waals surface area contributed by atoms with Crippen LogP contribution in [0.4, 0.5) is 0 Å². The minimum absolute atomic E-state index is 0.193. The van der Waals surface area contributed by atoms with Gasteiger partial charge in [0.1, 0.15) is 5.31 Å². The summed E-state index contributed by atoms with van der Waals surface area (Å²) in [5, 5.41) is 9.82. The van der Waals surface area contributed by atoms with E-state index in [1.165, 1.54) is 0 Å². The van der Waals surface area contributed by atoms with Crippen molar-refractivity contribution >= 4 is 7.60 Å². The highest BCUT2D eigenvalue weighted by Gasteiger charge is 2.32. The van der Waals surface area contributed by atoms with Crippen LogP contribution in [0.1, 0.15) is 34.1 Å². The first kappa shape index (κ1) is 15.5. The molecule has 0 rings (SSSR count). The SMILES string of the molecule is CCO/C(O)=C(\CC)P(=O)(OCC)OCC. The fourth-order valence-corrected chi connectivity index (χ4v) is 2.97. The van der Waals surface area contributed by atoms with Crippen molar-refractivity contribution in [3.8, 4) is 0 Å². The van der Waals surface area contributed by atoms with E-state index in [-0.39, 0.29) is 24.5 Å². The Morgan fingerprint density at radius 2 is 1.56 bits per heavy atom. The molecule has 16 heavy (non-hydrogen) atoms. The number of rotatable bonds is 8. The molecule has 5 nitrogen and oxygen atoms in total. The lowest BCUT2D eigenvalue weighted by Gasteiger charge is -2.19. The van der Waals surface area contributed by atoms with Gasteiger partial charge in [-0.3, -0.25) is 4.57 Å². The zero-order chi connectivity index (χ0) is 12.6. The van der Waals surface area contributed by atoms with Gasteiger partial charge in [0.25, 0.3) is 5.95 Å². The summed E-state index contributed by atoms with van der Waals surface area (Å²) in [6.07, 6.45) is 0.350. The van der Waals surface area contributed by atoms with E-state index in [0.29, 0.717) is 13.0 Å². The van der Waals surface area contributed by atoms with Gasteiger partial charge in [0.05, 0.1) is 19.8 Å². The average Bonchev–Trinajstić information content (AvgIpc) is 2.19. The fourth-order valence-electron chi connectivity index (χ4n) is 1.22. The smallest absolute Gasteiger partial charge is 0.364 e. The number of ether oxygens (including phenoxy) is 1. The van der Waals surface area contributed by atoms with E-state index < -0.39 is 7.60 Å². The van der Waals surface area contributed by atoms with Gasteiger partial charge in [-0.25, -0.2) is 0 Å². The number of aliphatic hydroxyl groups is 1. The summed E-state index contributed by atoms with van der Waals surface area (Å²) in [7, 11) is -3.41. The van der Waals surface area contributed by atoms with Crippen LogP contribution >= 0.6 is 7.60 Å². The minimum atomic E-state index is -3.41. The van der Waals surface area contributed by atoms with Gasteiger partial charge in [0.2, 0.25) is 0 Å². The quantitative estimate of drug-likeness (QED) is 0.529. The van der Waals surface area contributed by atoms with Crippen molar-refractivity contribution in [3.63, 3.8) is 0 Å². The average molecular weight is 252 g/mol. The number of hydrogen-bond acceptors (Lipinski definition) is 5. The first-order chi connectivity index (χ1) is 7.55. The lowest BCUT2D eigenvalue weighted by molar-refractivity contribution is 0.0971. The van der Waals surface area contributed by atoms with Gasteiger partial charge in [-0.1, -0.05) is 6.92 Å². The lowest BCUT2D eigenvalue weighted by Crippen LogP contribution is -2.03. The van der Waals surface area contributed by atoms with Gasteiger partial charge in [-0.15, -0.1) is 0 Å². The highest BCUT2D eigenvalue weighted by atomic mass is 31.2. The topological polar surface area (TPSA) is 65.0 Å². The largest absolute Gasteiger partial charge is 0.481 e. The summed E-state index contributed by atoms with van der Waals surface area (Å²) in [5.74, 6) is -0.352. The van der Waals surface area contributed by atoms with Crippen molar-refractivity contribution in [3.05, 3.63) is 11.3 Å². The summed E-state index contributed by atoms with van der Waals surface area (Å²) in [6.45, 7) is 7.73. The second-order valence-corrected chi connectivity index (χ2v) is 4.92. The molecule has 0 atom stereocenters. The Bertz CT molecular complexity index is 264. The van der Waals surface area contributed by atoms with Crippen molar-refractivity contribution < 1.29 is 23.5 Å². The molecule has 1 N–H and O–H groups in total. The molecule has 0 aliphatic carbocycles. The lowest BCUT2D eigenvalue weighted by atomic mass is 10.4. The molecule has 0 heterocycles. The van der Waals surface area contributed by atoms with E-state index in [0.717, 1.165) is 0 Å². The van der Waals surface area contributed by atoms with Crippen LogP contribution in [0.2, 0.25) is 0 Å². The van der Waals surface area contributed by atoms with E-state index in [2.05, 4.69) is 0 Å².